The molecular weight excluding hydrogens is 354 g/mol. The zero-order valence-corrected chi connectivity index (χ0v) is 17.5. The lowest BCUT2D eigenvalue weighted by molar-refractivity contribution is 0.140. The van der Waals surface area contributed by atoms with Gasteiger partial charge in [0.15, 0.2) is 5.60 Å². The van der Waals surface area contributed by atoms with Gasteiger partial charge in [0.25, 0.3) is 0 Å². The van der Waals surface area contributed by atoms with Crippen molar-refractivity contribution in [2.75, 3.05) is 6.54 Å². The molecule has 29 heavy (non-hydrogen) atoms. The topological polar surface area (TPSA) is 23.5 Å². The molecule has 3 rings (SSSR count). The Morgan fingerprint density at radius 2 is 1.17 bits per heavy atom. The summed E-state index contributed by atoms with van der Waals surface area (Å²) in [4.78, 5) is 2.33. The molecule has 0 amide bonds. The molecule has 0 fully saturated rings. The predicted molar refractivity (Wildman–Crippen MR) is 120 cm³/mol. The van der Waals surface area contributed by atoms with Crippen molar-refractivity contribution in [2.45, 2.75) is 38.5 Å². The first kappa shape index (κ1) is 20.9. The maximum Gasteiger partial charge on any atom is 0.176 e. The maximum atomic E-state index is 11.6. The minimum absolute atomic E-state index is 0.0396. The van der Waals surface area contributed by atoms with E-state index in [1.165, 1.54) is 5.56 Å². The molecule has 0 unspecified atom stereocenters. The van der Waals surface area contributed by atoms with Crippen LogP contribution in [0.15, 0.2) is 91.0 Å². The maximum absolute atomic E-state index is 11.6. The van der Waals surface area contributed by atoms with Crippen molar-refractivity contribution >= 4 is 0 Å². The lowest BCUT2D eigenvalue weighted by Gasteiger charge is -2.34. The van der Waals surface area contributed by atoms with Crippen molar-refractivity contribution in [1.82, 2.24) is 4.90 Å². The molecular formula is C27H29NO. The SMILES string of the molecule is CC(C)(C)N(CC#CC(O)(c1ccccc1)c1ccccc1)Cc1ccccc1. The molecule has 0 spiro atoms. The standard InChI is InChI=1S/C27H29NO/c1-26(2,3)28(22-23-14-7-4-8-15-23)21-13-20-27(29,24-16-9-5-10-17-24)25-18-11-6-12-19-25/h4-12,14-19,29H,21-22H2,1-3H3. The van der Waals surface area contributed by atoms with Crippen molar-refractivity contribution < 1.29 is 5.11 Å². The van der Waals surface area contributed by atoms with Gasteiger partial charge in [0.2, 0.25) is 0 Å². The number of benzene rings is 3. The molecule has 0 saturated heterocycles. The van der Waals surface area contributed by atoms with Crippen molar-refractivity contribution in [1.29, 1.82) is 0 Å². The van der Waals surface area contributed by atoms with Gasteiger partial charge >= 0.3 is 0 Å². The summed E-state index contributed by atoms with van der Waals surface area (Å²) in [5.41, 5.74) is 1.44. The fraction of sp³-hybridized carbons (Fsp3) is 0.259. The smallest absolute Gasteiger partial charge is 0.176 e. The predicted octanol–water partition coefficient (Wildman–Crippen LogP) is 5.23. The zero-order chi connectivity index (χ0) is 20.7. The molecule has 0 saturated carbocycles. The summed E-state index contributed by atoms with van der Waals surface area (Å²) < 4.78 is 0. The van der Waals surface area contributed by atoms with E-state index < -0.39 is 5.60 Å². The summed E-state index contributed by atoms with van der Waals surface area (Å²) >= 11 is 0. The van der Waals surface area contributed by atoms with Gasteiger partial charge < -0.3 is 5.11 Å². The Labute approximate surface area is 174 Å². The van der Waals surface area contributed by atoms with E-state index in [4.69, 9.17) is 0 Å². The van der Waals surface area contributed by atoms with Crippen LogP contribution in [0.1, 0.15) is 37.5 Å². The van der Waals surface area contributed by atoms with Gasteiger partial charge in [0.05, 0.1) is 6.54 Å². The Hall–Kier alpha value is -2.86. The van der Waals surface area contributed by atoms with Gasteiger partial charge in [-0.3, -0.25) is 4.90 Å². The molecule has 3 aromatic carbocycles. The molecule has 0 aliphatic rings. The van der Waals surface area contributed by atoms with E-state index in [9.17, 15) is 5.11 Å². The van der Waals surface area contributed by atoms with Gasteiger partial charge in [-0.15, -0.1) is 0 Å². The monoisotopic (exact) mass is 383 g/mol. The largest absolute Gasteiger partial charge is 0.369 e. The summed E-state index contributed by atoms with van der Waals surface area (Å²) in [6.07, 6.45) is 0. The Morgan fingerprint density at radius 1 is 0.724 bits per heavy atom. The normalized spacial score (nSPS) is 11.8. The molecule has 2 heteroatoms. The van der Waals surface area contributed by atoms with E-state index in [0.717, 1.165) is 17.7 Å². The first-order valence-corrected chi connectivity index (χ1v) is 10.0. The third-order valence-electron chi connectivity index (χ3n) is 5.09. The lowest BCUT2D eigenvalue weighted by Crippen LogP contribution is -2.41. The molecule has 2 nitrogen and oxygen atoms in total. The Kier molecular flexibility index (Phi) is 6.54. The van der Waals surface area contributed by atoms with E-state index in [2.05, 4.69) is 61.8 Å². The third-order valence-corrected chi connectivity index (χ3v) is 5.09. The number of hydrogen-bond donors (Lipinski definition) is 1. The molecule has 0 heterocycles. The van der Waals surface area contributed by atoms with Gasteiger partial charge in [-0.1, -0.05) is 103 Å². The third kappa shape index (κ3) is 5.35. The average Bonchev–Trinajstić information content (AvgIpc) is 2.74. The van der Waals surface area contributed by atoms with Crippen LogP contribution < -0.4 is 0 Å². The van der Waals surface area contributed by atoms with Crippen LogP contribution in [0, 0.1) is 11.8 Å². The highest BCUT2D eigenvalue weighted by Crippen LogP contribution is 2.28. The summed E-state index contributed by atoms with van der Waals surface area (Å²) in [6.45, 7) is 7.96. The van der Waals surface area contributed by atoms with Crippen LogP contribution in [0.5, 0.6) is 0 Å². The summed E-state index contributed by atoms with van der Waals surface area (Å²) in [5.74, 6) is 6.46. The van der Waals surface area contributed by atoms with Crippen LogP contribution in [0.25, 0.3) is 0 Å². The van der Waals surface area contributed by atoms with Gasteiger partial charge in [-0.05, 0) is 26.3 Å². The first-order valence-electron chi connectivity index (χ1n) is 10.0. The van der Waals surface area contributed by atoms with Crippen LogP contribution in [0.2, 0.25) is 0 Å². The fourth-order valence-electron chi connectivity index (χ4n) is 3.27. The number of rotatable bonds is 5. The molecule has 0 radical (unpaired) electrons. The van der Waals surface area contributed by atoms with Gasteiger partial charge in [-0.25, -0.2) is 0 Å². The van der Waals surface area contributed by atoms with E-state index in [-0.39, 0.29) is 5.54 Å². The van der Waals surface area contributed by atoms with Crippen molar-refractivity contribution in [3.8, 4) is 11.8 Å². The quantitative estimate of drug-likeness (QED) is 0.610. The number of aliphatic hydroxyl groups is 1. The second-order valence-corrected chi connectivity index (χ2v) is 8.26. The summed E-state index contributed by atoms with van der Waals surface area (Å²) in [7, 11) is 0. The number of hydrogen-bond acceptors (Lipinski definition) is 2. The lowest BCUT2D eigenvalue weighted by atomic mass is 9.87. The highest BCUT2D eigenvalue weighted by atomic mass is 16.3. The first-order chi connectivity index (χ1) is 13.9. The molecule has 0 bridgehead atoms. The van der Waals surface area contributed by atoms with E-state index in [1.54, 1.807) is 0 Å². The van der Waals surface area contributed by atoms with Gasteiger partial charge in [0.1, 0.15) is 0 Å². The Balaban J connectivity index is 1.90. The van der Waals surface area contributed by atoms with Crippen molar-refractivity contribution in [2.24, 2.45) is 0 Å². The second kappa shape index (κ2) is 9.09. The molecule has 0 aliphatic heterocycles. The zero-order valence-electron chi connectivity index (χ0n) is 17.5. The second-order valence-electron chi connectivity index (χ2n) is 8.26. The van der Waals surface area contributed by atoms with E-state index in [1.807, 2.05) is 66.7 Å². The minimum Gasteiger partial charge on any atom is -0.369 e. The van der Waals surface area contributed by atoms with Gasteiger partial charge in [-0.2, -0.15) is 0 Å². The fourth-order valence-corrected chi connectivity index (χ4v) is 3.27. The molecule has 3 aromatic rings. The molecule has 0 atom stereocenters. The Bertz CT molecular complexity index is 908. The van der Waals surface area contributed by atoms with Crippen LogP contribution in [-0.4, -0.2) is 22.1 Å². The van der Waals surface area contributed by atoms with Crippen LogP contribution in [0.4, 0.5) is 0 Å². The van der Waals surface area contributed by atoms with E-state index in [0.29, 0.717) is 6.54 Å². The van der Waals surface area contributed by atoms with Crippen molar-refractivity contribution in [3.63, 3.8) is 0 Å². The molecule has 148 valence electrons. The summed E-state index contributed by atoms with van der Waals surface area (Å²) in [6, 6.07) is 29.7. The molecule has 0 aromatic heterocycles. The van der Waals surface area contributed by atoms with E-state index >= 15 is 0 Å². The van der Waals surface area contributed by atoms with Gasteiger partial charge in [0, 0.05) is 23.2 Å². The molecule has 1 N–H and O–H groups in total. The molecule has 0 aliphatic carbocycles. The van der Waals surface area contributed by atoms with Crippen LogP contribution in [-0.2, 0) is 12.1 Å². The summed E-state index contributed by atoms with van der Waals surface area (Å²) in [5, 5.41) is 11.6. The highest BCUT2D eigenvalue weighted by molar-refractivity contribution is 5.44. The minimum atomic E-state index is -1.33. The van der Waals surface area contributed by atoms with Crippen LogP contribution >= 0.6 is 0 Å². The average molecular weight is 384 g/mol. The van der Waals surface area contributed by atoms with Crippen molar-refractivity contribution in [3.05, 3.63) is 108 Å². The van der Waals surface area contributed by atoms with Crippen LogP contribution in [0.3, 0.4) is 0 Å². The highest BCUT2D eigenvalue weighted by Gasteiger charge is 2.29. The number of nitrogens with zero attached hydrogens (tertiary/aromatic N) is 1. The Morgan fingerprint density at radius 3 is 1.62 bits per heavy atom.